The van der Waals surface area contributed by atoms with Crippen LogP contribution in [0.25, 0.3) is 0 Å². The van der Waals surface area contributed by atoms with Crippen LogP contribution >= 0.6 is 22.7 Å². The van der Waals surface area contributed by atoms with Crippen molar-refractivity contribution in [2.24, 2.45) is 0 Å². The molecule has 0 atom stereocenters. The molecule has 2 N–H and O–H groups in total. The monoisotopic (exact) mass is 331 g/mol. The van der Waals surface area contributed by atoms with Crippen LogP contribution in [0, 0.1) is 20.8 Å². The van der Waals surface area contributed by atoms with Gasteiger partial charge in [-0.2, -0.15) is 0 Å². The minimum atomic E-state index is -3.53. The molecule has 0 aliphatic rings. The number of aryl methyl sites for hydroxylation is 3. The van der Waals surface area contributed by atoms with Gasteiger partial charge in [0, 0.05) is 26.1 Å². The van der Waals surface area contributed by atoms with E-state index in [-0.39, 0.29) is 11.5 Å². The molecule has 0 radical (unpaired) electrons. The van der Waals surface area contributed by atoms with Crippen molar-refractivity contribution >= 4 is 32.7 Å². The molecule has 110 valence electrons. The molecule has 2 rings (SSSR count). The van der Waals surface area contributed by atoms with E-state index in [1.165, 1.54) is 27.8 Å². The Labute approximate surface area is 127 Å². The summed E-state index contributed by atoms with van der Waals surface area (Å²) >= 11 is 2.90. The first-order chi connectivity index (χ1) is 9.33. The van der Waals surface area contributed by atoms with Crippen molar-refractivity contribution in [3.63, 3.8) is 0 Å². The summed E-state index contributed by atoms with van der Waals surface area (Å²) in [7, 11) is -3.53. The second kappa shape index (κ2) is 5.95. The molecule has 0 spiro atoms. The third-order valence-corrected chi connectivity index (χ3v) is 6.87. The number of thiophene rings is 2. The molecule has 4 nitrogen and oxygen atoms in total. The van der Waals surface area contributed by atoms with Crippen LogP contribution in [0.15, 0.2) is 17.0 Å². The van der Waals surface area contributed by atoms with Gasteiger partial charge in [-0.3, -0.25) is 0 Å². The molecule has 0 aliphatic carbocycles. The van der Waals surface area contributed by atoms with Crippen LogP contribution in [-0.2, 0) is 23.2 Å². The van der Waals surface area contributed by atoms with Gasteiger partial charge in [-0.25, -0.2) is 13.1 Å². The van der Waals surface area contributed by atoms with Gasteiger partial charge in [0.25, 0.3) is 0 Å². The van der Waals surface area contributed by atoms with Crippen LogP contribution in [0.5, 0.6) is 0 Å². The summed E-state index contributed by atoms with van der Waals surface area (Å²) in [6.45, 7) is 5.95. The van der Waals surface area contributed by atoms with Crippen LogP contribution in [0.1, 0.15) is 25.1 Å². The molecule has 2 aromatic heterocycles. The third kappa shape index (κ3) is 3.29. The first-order valence-electron chi connectivity index (χ1n) is 6.09. The number of nitrogens with one attached hydrogen (secondary N) is 1. The lowest BCUT2D eigenvalue weighted by Gasteiger charge is -2.04. The van der Waals surface area contributed by atoms with Gasteiger partial charge in [0.15, 0.2) is 0 Å². The van der Waals surface area contributed by atoms with Crippen LogP contribution in [-0.4, -0.2) is 13.5 Å². The van der Waals surface area contributed by atoms with Gasteiger partial charge in [0.2, 0.25) is 10.0 Å². The number of rotatable bonds is 5. The fourth-order valence-electron chi connectivity index (χ4n) is 1.85. The highest BCUT2D eigenvalue weighted by Crippen LogP contribution is 2.26. The van der Waals surface area contributed by atoms with E-state index in [2.05, 4.69) is 4.72 Å². The fourth-order valence-corrected chi connectivity index (χ4v) is 5.43. The Bertz CT molecular complexity index is 694. The first-order valence-corrected chi connectivity index (χ1v) is 9.21. The molecule has 0 saturated heterocycles. The Morgan fingerprint density at radius 1 is 1.10 bits per heavy atom. The van der Waals surface area contributed by atoms with Crippen molar-refractivity contribution in [3.05, 3.63) is 37.2 Å². The number of hydrogen-bond acceptors (Lipinski definition) is 5. The highest BCUT2D eigenvalue weighted by Gasteiger charge is 2.19. The zero-order valence-corrected chi connectivity index (χ0v) is 14.0. The van der Waals surface area contributed by atoms with Gasteiger partial charge >= 0.3 is 0 Å². The Morgan fingerprint density at radius 2 is 1.75 bits per heavy atom. The Kier molecular flexibility index (Phi) is 4.66. The second-order valence-corrected chi connectivity index (χ2v) is 8.98. The molecular formula is C13H17NO3S3. The highest BCUT2D eigenvalue weighted by atomic mass is 32.2. The van der Waals surface area contributed by atoms with Crippen molar-refractivity contribution in [2.75, 3.05) is 0 Å². The molecule has 7 heteroatoms. The zero-order valence-electron chi connectivity index (χ0n) is 11.6. The van der Waals surface area contributed by atoms with Gasteiger partial charge in [0.1, 0.15) is 0 Å². The molecular weight excluding hydrogens is 314 g/mol. The van der Waals surface area contributed by atoms with Crippen LogP contribution in [0.3, 0.4) is 0 Å². The number of aliphatic hydroxyl groups excluding tert-OH is 1. The molecule has 2 heterocycles. The van der Waals surface area contributed by atoms with E-state index in [9.17, 15) is 8.42 Å². The standard InChI is InChI=1S/C13H17NO3S3/c1-8-4-11(18-9(8)2)6-14-20(16,17)13-5-12(7-15)19-10(13)3/h4-5,14-15H,6-7H2,1-3H3. The normalized spacial score (nSPS) is 12.0. The summed E-state index contributed by atoms with van der Waals surface area (Å²) in [6, 6.07) is 3.54. The van der Waals surface area contributed by atoms with Crippen LogP contribution in [0.4, 0.5) is 0 Å². The van der Waals surface area contributed by atoms with Crippen molar-refractivity contribution in [2.45, 2.75) is 38.8 Å². The van der Waals surface area contributed by atoms with E-state index < -0.39 is 10.0 Å². The number of hydrogen-bond donors (Lipinski definition) is 2. The first kappa shape index (κ1) is 15.7. The number of sulfonamides is 1. The number of aliphatic hydroxyl groups is 1. The predicted octanol–water partition coefficient (Wildman–Crippen LogP) is 2.71. The minimum Gasteiger partial charge on any atom is -0.391 e. The van der Waals surface area contributed by atoms with E-state index >= 15 is 0 Å². The quantitative estimate of drug-likeness (QED) is 0.885. The molecule has 0 fully saturated rings. The van der Waals surface area contributed by atoms with Crippen LogP contribution in [0.2, 0.25) is 0 Å². The average Bonchev–Trinajstić information content (AvgIpc) is 2.91. The summed E-state index contributed by atoms with van der Waals surface area (Å²) in [5, 5.41) is 9.08. The molecule has 0 amide bonds. The topological polar surface area (TPSA) is 66.4 Å². The van der Waals surface area contributed by atoms with Gasteiger partial charge < -0.3 is 5.11 Å². The molecule has 0 saturated carbocycles. The smallest absolute Gasteiger partial charge is 0.242 e. The fraction of sp³-hybridized carbons (Fsp3) is 0.385. The Balaban J connectivity index is 2.16. The summed E-state index contributed by atoms with van der Waals surface area (Å²) in [5.74, 6) is 0. The Hall–Kier alpha value is -0.730. The minimum absolute atomic E-state index is 0.135. The molecule has 0 bridgehead atoms. The van der Waals surface area contributed by atoms with Crippen molar-refractivity contribution in [1.82, 2.24) is 4.72 Å². The highest BCUT2D eigenvalue weighted by molar-refractivity contribution is 7.89. The maximum atomic E-state index is 12.3. The summed E-state index contributed by atoms with van der Waals surface area (Å²) in [6.07, 6.45) is 0. The lowest BCUT2D eigenvalue weighted by molar-refractivity contribution is 0.285. The SMILES string of the molecule is Cc1cc(CNS(=O)(=O)c2cc(CO)sc2C)sc1C. The van der Waals surface area contributed by atoms with Crippen molar-refractivity contribution in [1.29, 1.82) is 0 Å². The van der Waals surface area contributed by atoms with E-state index in [0.29, 0.717) is 16.3 Å². The summed E-state index contributed by atoms with van der Waals surface area (Å²) in [4.78, 5) is 3.81. The van der Waals surface area contributed by atoms with Crippen molar-refractivity contribution in [3.8, 4) is 0 Å². The van der Waals surface area contributed by atoms with Crippen molar-refractivity contribution < 1.29 is 13.5 Å². The lowest BCUT2D eigenvalue weighted by atomic mass is 10.3. The molecule has 0 aliphatic heterocycles. The van der Waals surface area contributed by atoms with Crippen LogP contribution < -0.4 is 4.72 Å². The van der Waals surface area contributed by atoms with Gasteiger partial charge in [-0.05, 0) is 38.5 Å². The maximum Gasteiger partial charge on any atom is 0.242 e. The van der Waals surface area contributed by atoms with Gasteiger partial charge in [-0.15, -0.1) is 22.7 Å². The van der Waals surface area contributed by atoms with Gasteiger partial charge in [-0.1, -0.05) is 0 Å². The zero-order chi connectivity index (χ0) is 14.9. The maximum absolute atomic E-state index is 12.3. The van der Waals surface area contributed by atoms with Gasteiger partial charge in [0.05, 0.1) is 11.5 Å². The third-order valence-electron chi connectivity index (χ3n) is 3.02. The molecule has 20 heavy (non-hydrogen) atoms. The average molecular weight is 331 g/mol. The van der Waals surface area contributed by atoms with E-state index in [4.69, 9.17) is 5.11 Å². The van der Waals surface area contributed by atoms with E-state index in [1.807, 2.05) is 19.9 Å². The largest absolute Gasteiger partial charge is 0.391 e. The molecule has 2 aromatic rings. The van der Waals surface area contributed by atoms with E-state index in [1.54, 1.807) is 18.3 Å². The second-order valence-electron chi connectivity index (χ2n) is 4.57. The Morgan fingerprint density at radius 3 is 2.25 bits per heavy atom. The predicted molar refractivity (Wildman–Crippen MR) is 82.8 cm³/mol. The summed E-state index contributed by atoms with van der Waals surface area (Å²) < 4.78 is 27.1. The molecule has 0 unspecified atom stereocenters. The lowest BCUT2D eigenvalue weighted by Crippen LogP contribution is -2.22. The molecule has 0 aromatic carbocycles. The van der Waals surface area contributed by atoms with E-state index in [0.717, 1.165) is 4.88 Å². The summed E-state index contributed by atoms with van der Waals surface area (Å²) in [5.41, 5.74) is 1.18.